The first-order chi connectivity index (χ1) is 25.5. The highest BCUT2D eigenvalue weighted by Gasteiger charge is 2.66. The van der Waals surface area contributed by atoms with Crippen molar-refractivity contribution in [2.75, 3.05) is 23.0 Å². The van der Waals surface area contributed by atoms with Crippen molar-refractivity contribution >= 4 is 45.6 Å². The van der Waals surface area contributed by atoms with E-state index in [1.165, 1.54) is 0 Å². The number of aliphatic hydroxyl groups excluding tert-OH is 1. The standard InChI is InChI=1S/C44H43N3O6/c1-28-40(43(2,3)52)37(25-38(49)45(22-23-48)26-29-12-6-4-7-13-29)53-44(28)34-24-32(20-21-35(34)46(42(44)51)27-30-14-8-5-9-15-30)47-36-19-11-17-31-16-10-18-33(39(31)36)41(47)50/h4-21,24,28,37,40,48,52H,22-23,25-27H2,1-3H3/t28-,37+,40-,44+/m1/s1. The summed E-state index contributed by atoms with van der Waals surface area (Å²) in [4.78, 5) is 48.3. The average molecular weight is 710 g/mol. The van der Waals surface area contributed by atoms with E-state index in [0.717, 1.165) is 27.6 Å². The molecule has 5 aromatic rings. The Balaban J connectivity index is 1.22. The smallest absolute Gasteiger partial charge is 0.264 e. The molecule has 9 heteroatoms. The number of aliphatic hydroxyl groups is 2. The number of nitrogens with zero attached hydrogens (tertiary/aromatic N) is 3. The third kappa shape index (κ3) is 5.71. The van der Waals surface area contributed by atoms with Crippen molar-refractivity contribution in [3.05, 3.63) is 138 Å². The van der Waals surface area contributed by atoms with Crippen molar-refractivity contribution in [1.29, 1.82) is 0 Å². The van der Waals surface area contributed by atoms with Crippen molar-refractivity contribution in [3.8, 4) is 0 Å². The first-order valence-electron chi connectivity index (χ1n) is 18.2. The van der Waals surface area contributed by atoms with E-state index in [-0.39, 0.29) is 43.8 Å². The van der Waals surface area contributed by atoms with E-state index in [4.69, 9.17) is 4.74 Å². The largest absolute Gasteiger partial charge is 0.395 e. The molecule has 53 heavy (non-hydrogen) atoms. The monoisotopic (exact) mass is 709 g/mol. The number of hydrogen-bond donors (Lipinski definition) is 2. The lowest BCUT2D eigenvalue weighted by Gasteiger charge is -2.34. The van der Waals surface area contributed by atoms with Gasteiger partial charge in [0, 0.05) is 41.6 Å². The molecule has 9 nitrogen and oxygen atoms in total. The van der Waals surface area contributed by atoms with E-state index in [1.807, 2.05) is 122 Å². The molecule has 1 fully saturated rings. The zero-order valence-electron chi connectivity index (χ0n) is 30.1. The lowest BCUT2D eigenvalue weighted by atomic mass is 9.70. The molecule has 1 saturated heterocycles. The van der Waals surface area contributed by atoms with Crippen LogP contribution >= 0.6 is 0 Å². The predicted octanol–water partition coefficient (Wildman–Crippen LogP) is 6.71. The second kappa shape index (κ2) is 13.3. The number of ether oxygens (including phenoxy) is 1. The molecule has 0 saturated carbocycles. The van der Waals surface area contributed by atoms with E-state index in [2.05, 4.69) is 0 Å². The van der Waals surface area contributed by atoms with E-state index in [1.54, 1.807) is 28.5 Å². The minimum Gasteiger partial charge on any atom is -0.395 e. The zero-order chi connectivity index (χ0) is 37.1. The van der Waals surface area contributed by atoms with E-state index in [0.29, 0.717) is 29.0 Å². The Labute approximate surface area is 309 Å². The molecule has 0 unspecified atom stereocenters. The third-order valence-corrected chi connectivity index (χ3v) is 11.3. The maximum atomic E-state index is 15.1. The third-order valence-electron chi connectivity index (χ3n) is 11.3. The van der Waals surface area contributed by atoms with Gasteiger partial charge in [0.15, 0.2) is 5.60 Å². The molecule has 0 aliphatic carbocycles. The lowest BCUT2D eigenvalue weighted by Crippen LogP contribution is -2.46. The normalized spacial score (nSPS) is 21.9. The summed E-state index contributed by atoms with van der Waals surface area (Å²) in [6.07, 6.45) is -0.936. The average Bonchev–Trinajstić information content (AvgIpc) is 3.70. The van der Waals surface area contributed by atoms with Crippen LogP contribution in [-0.2, 0) is 33.0 Å². The summed E-state index contributed by atoms with van der Waals surface area (Å²) in [7, 11) is 0. The fourth-order valence-corrected chi connectivity index (χ4v) is 9.02. The van der Waals surface area contributed by atoms with Gasteiger partial charge in [-0.15, -0.1) is 0 Å². The first kappa shape index (κ1) is 34.7. The van der Waals surface area contributed by atoms with Crippen molar-refractivity contribution in [1.82, 2.24) is 4.90 Å². The zero-order valence-corrected chi connectivity index (χ0v) is 30.1. The maximum absolute atomic E-state index is 15.1. The molecule has 270 valence electrons. The van der Waals surface area contributed by atoms with Crippen LogP contribution in [0.4, 0.5) is 17.1 Å². The fourth-order valence-electron chi connectivity index (χ4n) is 9.02. The van der Waals surface area contributed by atoms with Crippen LogP contribution in [0.25, 0.3) is 10.8 Å². The molecule has 0 radical (unpaired) electrons. The molecular weight excluding hydrogens is 666 g/mol. The second-order valence-electron chi connectivity index (χ2n) is 15.0. The molecule has 2 N–H and O–H groups in total. The summed E-state index contributed by atoms with van der Waals surface area (Å²) >= 11 is 0. The highest BCUT2D eigenvalue weighted by atomic mass is 16.5. The van der Waals surface area contributed by atoms with E-state index >= 15 is 4.79 Å². The van der Waals surface area contributed by atoms with Crippen LogP contribution in [-0.4, -0.2) is 57.7 Å². The summed E-state index contributed by atoms with van der Waals surface area (Å²) in [6, 6.07) is 36.5. The highest BCUT2D eigenvalue weighted by Crippen LogP contribution is 2.59. The topological polar surface area (TPSA) is 111 Å². The number of carbonyl (C=O) groups is 3. The van der Waals surface area contributed by atoms with E-state index in [9.17, 15) is 19.8 Å². The number of anilines is 3. The molecule has 8 rings (SSSR count). The Morgan fingerprint density at radius 1 is 0.868 bits per heavy atom. The highest BCUT2D eigenvalue weighted by molar-refractivity contribution is 6.28. The summed E-state index contributed by atoms with van der Waals surface area (Å²) in [5, 5.41) is 23.5. The molecular formula is C44H43N3O6. The number of fused-ring (bicyclic) bond motifs is 2. The van der Waals surface area contributed by atoms with Crippen LogP contribution in [0.1, 0.15) is 54.2 Å². The molecule has 5 aromatic carbocycles. The number of hydrogen-bond acceptors (Lipinski definition) is 6. The van der Waals surface area contributed by atoms with Crippen LogP contribution in [0, 0.1) is 11.8 Å². The van der Waals surface area contributed by atoms with Crippen LogP contribution in [0.5, 0.6) is 0 Å². The van der Waals surface area contributed by atoms with Crippen molar-refractivity contribution < 1.29 is 29.3 Å². The molecule has 0 aromatic heterocycles. The summed E-state index contributed by atoms with van der Waals surface area (Å²) in [5.74, 6) is -1.88. The Morgan fingerprint density at radius 3 is 2.23 bits per heavy atom. The van der Waals surface area contributed by atoms with Gasteiger partial charge in [0.1, 0.15) is 0 Å². The van der Waals surface area contributed by atoms with Crippen LogP contribution in [0.2, 0.25) is 0 Å². The summed E-state index contributed by atoms with van der Waals surface area (Å²) < 4.78 is 7.02. The van der Waals surface area contributed by atoms with Gasteiger partial charge in [-0.05, 0) is 60.7 Å². The van der Waals surface area contributed by atoms with Crippen molar-refractivity contribution in [2.45, 2.75) is 57.6 Å². The number of amides is 3. The molecule has 4 atom stereocenters. The minimum absolute atomic E-state index is 0.101. The number of carbonyl (C=O) groups excluding carboxylic acids is 3. The molecule has 3 heterocycles. The van der Waals surface area contributed by atoms with Crippen LogP contribution in [0.15, 0.2) is 115 Å². The van der Waals surface area contributed by atoms with Gasteiger partial charge in [-0.3, -0.25) is 19.3 Å². The predicted molar refractivity (Wildman–Crippen MR) is 204 cm³/mol. The summed E-state index contributed by atoms with van der Waals surface area (Å²) in [6.45, 7) is 5.82. The first-order valence-corrected chi connectivity index (χ1v) is 18.2. The fraction of sp³-hybridized carbons (Fsp3) is 0.295. The number of benzene rings is 5. The quantitative estimate of drug-likeness (QED) is 0.167. The van der Waals surface area contributed by atoms with Gasteiger partial charge in [0.05, 0.1) is 48.2 Å². The molecule has 3 aliphatic rings. The van der Waals surface area contributed by atoms with E-state index < -0.39 is 29.1 Å². The summed E-state index contributed by atoms with van der Waals surface area (Å²) in [5.41, 5.74) is 2.20. The Kier molecular flexibility index (Phi) is 8.68. The van der Waals surface area contributed by atoms with Crippen LogP contribution in [0.3, 0.4) is 0 Å². The van der Waals surface area contributed by atoms with Gasteiger partial charge in [-0.1, -0.05) is 91.9 Å². The van der Waals surface area contributed by atoms with Crippen molar-refractivity contribution in [3.63, 3.8) is 0 Å². The molecule has 1 spiro atoms. The number of rotatable bonds is 10. The van der Waals surface area contributed by atoms with Gasteiger partial charge < -0.3 is 24.7 Å². The second-order valence-corrected chi connectivity index (χ2v) is 15.0. The van der Waals surface area contributed by atoms with Gasteiger partial charge in [0.25, 0.3) is 11.8 Å². The molecule has 3 aliphatic heterocycles. The van der Waals surface area contributed by atoms with Gasteiger partial charge in [-0.2, -0.15) is 0 Å². The Morgan fingerprint density at radius 2 is 1.55 bits per heavy atom. The maximum Gasteiger partial charge on any atom is 0.264 e. The van der Waals surface area contributed by atoms with Crippen molar-refractivity contribution in [2.24, 2.45) is 11.8 Å². The minimum atomic E-state index is -1.56. The van der Waals surface area contributed by atoms with Crippen LogP contribution < -0.4 is 9.80 Å². The lowest BCUT2D eigenvalue weighted by molar-refractivity contribution is -0.150. The SMILES string of the molecule is C[C@@H]1[C@@H](C(C)(C)O)[C@H](CC(=O)N(CCO)Cc2ccccc2)O[C@@]12C(=O)N(Cc1ccccc1)c1ccc(N3C(=O)c4cccc5cccc3c45)cc12. The Bertz CT molecular complexity index is 2210. The molecule has 3 amide bonds. The Hall–Kier alpha value is -5.35. The molecule has 0 bridgehead atoms. The van der Waals surface area contributed by atoms with Gasteiger partial charge >= 0.3 is 0 Å². The van der Waals surface area contributed by atoms with Gasteiger partial charge in [-0.25, -0.2) is 0 Å². The van der Waals surface area contributed by atoms with Gasteiger partial charge in [0.2, 0.25) is 5.91 Å².